The highest BCUT2D eigenvalue weighted by Crippen LogP contribution is 2.20. The van der Waals surface area contributed by atoms with Gasteiger partial charge in [0, 0.05) is 18.0 Å². The predicted molar refractivity (Wildman–Crippen MR) is 99.9 cm³/mol. The van der Waals surface area contributed by atoms with Crippen molar-refractivity contribution in [2.24, 2.45) is 0 Å². The highest BCUT2D eigenvalue weighted by Gasteiger charge is 2.08. The van der Waals surface area contributed by atoms with Gasteiger partial charge in [-0.2, -0.15) is 0 Å². The number of para-hydroxylation sites is 1. The van der Waals surface area contributed by atoms with E-state index in [1.54, 1.807) is 0 Å². The molecule has 0 saturated heterocycles. The van der Waals surface area contributed by atoms with Crippen molar-refractivity contribution in [1.82, 2.24) is 9.97 Å². The molecule has 2 N–H and O–H groups in total. The van der Waals surface area contributed by atoms with Crippen LogP contribution in [-0.2, 0) is 11.2 Å². The normalized spacial score (nSPS) is 10.4. The first-order chi connectivity index (χ1) is 12.2. The molecule has 0 saturated carbocycles. The summed E-state index contributed by atoms with van der Waals surface area (Å²) >= 11 is 1.19. The zero-order valence-corrected chi connectivity index (χ0v) is 14.3. The van der Waals surface area contributed by atoms with Crippen molar-refractivity contribution < 1.29 is 4.79 Å². The Balaban J connectivity index is 1.64. The molecule has 0 aliphatic heterocycles. The van der Waals surface area contributed by atoms with Crippen LogP contribution in [0.15, 0.2) is 76.8 Å². The van der Waals surface area contributed by atoms with Gasteiger partial charge in [-0.15, -0.1) is 0 Å². The van der Waals surface area contributed by atoms with Gasteiger partial charge < -0.3 is 10.3 Å². The van der Waals surface area contributed by atoms with Gasteiger partial charge in [0.1, 0.15) is 0 Å². The quantitative estimate of drug-likeness (QED) is 0.529. The second kappa shape index (κ2) is 8.30. The molecule has 3 aromatic rings. The largest absolute Gasteiger partial charge is 0.325 e. The first kappa shape index (κ1) is 17.0. The molecule has 1 amide bonds. The number of aromatic amines is 1. The Bertz CT molecular complexity index is 910. The smallest absolute Gasteiger partial charge is 0.251 e. The van der Waals surface area contributed by atoms with Crippen molar-refractivity contribution in [2.75, 3.05) is 11.1 Å². The number of rotatable bonds is 6. The van der Waals surface area contributed by atoms with Crippen LogP contribution >= 0.6 is 11.8 Å². The first-order valence-electron chi connectivity index (χ1n) is 7.80. The van der Waals surface area contributed by atoms with Crippen LogP contribution in [0, 0.1) is 0 Å². The number of nitrogens with one attached hydrogen (secondary N) is 2. The third-order valence-electron chi connectivity index (χ3n) is 3.52. The molecule has 1 aromatic heterocycles. The molecule has 0 bridgehead atoms. The van der Waals surface area contributed by atoms with Crippen LogP contribution in [-0.4, -0.2) is 21.6 Å². The van der Waals surface area contributed by atoms with Crippen molar-refractivity contribution >= 4 is 23.4 Å². The topological polar surface area (TPSA) is 74.8 Å². The molecule has 6 heteroatoms. The lowest BCUT2D eigenvalue weighted by Gasteiger charge is -2.11. The molecule has 25 heavy (non-hydrogen) atoms. The minimum atomic E-state index is -0.230. The summed E-state index contributed by atoms with van der Waals surface area (Å²) in [4.78, 5) is 30.1. The van der Waals surface area contributed by atoms with E-state index in [4.69, 9.17) is 0 Å². The van der Waals surface area contributed by atoms with Crippen molar-refractivity contribution in [3.05, 3.63) is 88.3 Å². The van der Waals surface area contributed by atoms with Gasteiger partial charge in [0.05, 0.1) is 5.75 Å². The van der Waals surface area contributed by atoms with E-state index in [2.05, 4.69) is 27.4 Å². The number of carbonyl (C=O) groups is 1. The van der Waals surface area contributed by atoms with Gasteiger partial charge in [-0.25, -0.2) is 4.98 Å². The SMILES string of the molecule is O=C(CSc1nccc(=O)[nH]1)Nc1ccccc1Cc1ccccc1. The molecule has 126 valence electrons. The summed E-state index contributed by atoms with van der Waals surface area (Å²) in [6, 6.07) is 19.2. The van der Waals surface area contributed by atoms with E-state index >= 15 is 0 Å². The number of benzene rings is 2. The summed E-state index contributed by atoms with van der Waals surface area (Å²) in [5, 5.41) is 3.37. The van der Waals surface area contributed by atoms with Crippen LogP contribution in [0.1, 0.15) is 11.1 Å². The van der Waals surface area contributed by atoms with Gasteiger partial charge in [-0.05, 0) is 23.6 Å². The maximum Gasteiger partial charge on any atom is 0.251 e. The fourth-order valence-electron chi connectivity index (χ4n) is 2.36. The maximum atomic E-state index is 12.2. The maximum absolute atomic E-state index is 12.2. The lowest BCUT2D eigenvalue weighted by molar-refractivity contribution is -0.113. The number of anilines is 1. The molecule has 0 radical (unpaired) electrons. The van der Waals surface area contributed by atoms with Crippen LogP contribution in [0.3, 0.4) is 0 Å². The van der Waals surface area contributed by atoms with E-state index in [0.717, 1.165) is 17.7 Å². The minimum absolute atomic E-state index is 0.142. The molecule has 5 nitrogen and oxygen atoms in total. The Morgan fingerprint density at radius 3 is 2.60 bits per heavy atom. The van der Waals surface area contributed by atoms with Crippen LogP contribution in [0.25, 0.3) is 0 Å². The summed E-state index contributed by atoms with van der Waals surface area (Å²) < 4.78 is 0. The lowest BCUT2D eigenvalue weighted by Crippen LogP contribution is -2.16. The average molecular weight is 351 g/mol. The molecule has 0 aliphatic carbocycles. The van der Waals surface area contributed by atoms with Crippen molar-refractivity contribution in [3.63, 3.8) is 0 Å². The molecule has 2 aromatic carbocycles. The summed E-state index contributed by atoms with van der Waals surface area (Å²) in [5.41, 5.74) is 2.81. The second-order valence-electron chi connectivity index (χ2n) is 5.40. The number of amides is 1. The molecule has 0 atom stereocenters. The van der Waals surface area contributed by atoms with E-state index in [1.807, 2.05) is 42.5 Å². The number of hydrogen-bond donors (Lipinski definition) is 2. The van der Waals surface area contributed by atoms with Gasteiger partial charge in [0.2, 0.25) is 5.91 Å². The van der Waals surface area contributed by atoms with E-state index in [-0.39, 0.29) is 17.2 Å². The monoisotopic (exact) mass is 351 g/mol. The Kier molecular flexibility index (Phi) is 5.64. The molecule has 1 heterocycles. The zero-order chi connectivity index (χ0) is 17.5. The number of aromatic nitrogens is 2. The third-order valence-corrected chi connectivity index (χ3v) is 4.40. The average Bonchev–Trinajstić information content (AvgIpc) is 2.63. The standard InChI is InChI=1S/C19H17N3O2S/c23-17-10-11-20-19(22-17)25-13-18(24)21-16-9-5-4-8-15(16)12-14-6-2-1-3-7-14/h1-11H,12-13H2,(H,21,24)(H,20,22,23). The number of H-pyrrole nitrogens is 1. The van der Waals surface area contributed by atoms with Gasteiger partial charge in [-0.1, -0.05) is 60.3 Å². The Hall–Kier alpha value is -2.86. The van der Waals surface area contributed by atoms with E-state index < -0.39 is 0 Å². The van der Waals surface area contributed by atoms with Crippen LogP contribution in [0.5, 0.6) is 0 Å². The Labute approximate surface area is 149 Å². The minimum Gasteiger partial charge on any atom is -0.325 e. The molecule has 0 spiro atoms. The predicted octanol–water partition coefficient (Wildman–Crippen LogP) is 3.09. The molecular weight excluding hydrogens is 334 g/mol. The van der Waals surface area contributed by atoms with Crippen LogP contribution in [0.4, 0.5) is 5.69 Å². The molecule has 3 rings (SSSR count). The van der Waals surface area contributed by atoms with Gasteiger partial charge >= 0.3 is 0 Å². The Morgan fingerprint density at radius 1 is 1.04 bits per heavy atom. The molecule has 0 aliphatic rings. The highest BCUT2D eigenvalue weighted by molar-refractivity contribution is 7.99. The Morgan fingerprint density at radius 2 is 1.80 bits per heavy atom. The fraction of sp³-hybridized carbons (Fsp3) is 0.105. The van der Waals surface area contributed by atoms with Crippen molar-refractivity contribution in [3.8, 4) is 0 Å². The van der Waals surface area contributed by atoms with Crippen molar-refractivity contribution in [2.45, 2.75) is 11.6 Å². The highest BCUT2D eigenvalue weighted by atomic mass is 32.2. The zero-order valence-electron chi connectivity index (χ0n) is 13.4. The summed E-state index contributed by atoms with van der Waals surface area (Å²) in [6.07, 6.45) is 2.17. The van der Waals surface area contributed by atoms with Crippen molar-refractivity contribution in [1.29, 1.82) is 0 Å². The number of carbonyl (C=O) groups excluding carboxylic acids is 1. The van der Waals surface area contributed by atoms with Crippen LogP contribution < -0.4 is 10.9 Å². The number of hydrogen-bond acceptors (Lipinski definition) is 4. The summed E-state index contributed by atoms with van der Waals surface area (Å²) in [6.45, 7) is 0. The molecule has 0 fully saturated rings. The summed E-state index contributed by atoms with van der Waals surface area (Å²) in [5.74, 6) is 0.0316. The van der Waals surface area contributed by atoms with E-state index in [1.165, 1.54) is 29.6 Å². The van der Waals surface area contributed by atoms with Gasteiger partial charge in [0.15, 0.2) is 5.16 Å². The first-order valence-corrected chi connectivity index (χ1v) is 8.79. The van der Waals surface area contributed by atoms with Crippen LogP contribution in [0.2, 0.25) is 0 Å². The lowest BCUT2D eigenvalue weighted by atomic mass is 10.0. The number of nitrogens with zero attached hydrogens (tertiary/aromatic N) is 1. The fourth-order valence-corrected chi connectivity index (χ4v) is 3.01. The second-order valence-corrected chi connectivity index (χ2v) is 6.36. The van der Waals surface area contributed by atoms with E-state index in [0.29, 0.717) is 5.16 Å². The number of thioether (sulfide) groups is 1. The van der Waals surface area contributed by atoms with E-state index in [9.17, 15) is 9.59 Å². The molecular formula is C19H17N3O2S. The van der Waals surface area contributed by atoms with Gasteiger partial charge in [0.25, 0.3) is 5.56 Å². The summed E-state index contributed by atoms with van der Waals surface area (Å²) in [7, 11) is 0. The van der Waals surface area contributed by atoms with Gasteiger partial charge in [-0.3, -0.25) is 9.59 Å². The molecule has 0 unspecified atom stereocenters. The third kappa shape index (κ3) is 5.06.